The van der Waals surface area contributed by atoms with Crippen molar-refractivity contribution in [1.82, 2.24) is 4.31 Å². The van der Waals surface area contributed by atoms with Gasteiger partial charge in [0.2, 0.25) is 10.0 Å². The summed E-state index contributed by atoms with van der Waals surface area (Å²) in [7, 11) is -2.25. The normalized spacial score (nSPS) is 12.3. The molecule has 1 aromatic carbocycles. The van der Waals surface area contributed by atoms with Gasteiger partial charge in [-0.3, -0.25) is 0 Å². The van der Waals surface area contributed by atoms with Gasteiger partial charge in [0.25, 0.3) is 0 Å². The zero-order chi connectivity index (χ0) is 15.5. The molecule has 0 aliphatic heterocycles. The SMILES string of the molecule is COCCN(C(C)C)S(=O)(=O)c1ccc(Cl)c(N)c1Cl. The summed E-state index contributed by atoms with van der Waals surface area (Å²) >= 11 is 11.8. The number of hydrogen-bond donors (Lipinski definition) is 1. The number of anilines is 1. The van der Waals surface area contributed by atoms with E-state index in [2.05, 4.69) is 0 Å². The number of nitrogens with two attached hydrogens (primary N) is 1. The molecule has 5 nitrogen and oxygen atoms in total. The Morgan fingerprint density at radius 3 is 2.45 bits per heavy atom. The number of rotatable bonds is 6. The quantitative estimate of drug-likeness (QED) is 0.808. The van der Waals surface area contributed by atoms with Crippen molar-refractivity contribution in [2.45, 2.75) is 24.8 Å². The number of nitrogens with zero attached hydrogens (tertiary/aromatic N) is 1. The molecule has 0 amide bonds. The molecule has 0 bridgehead atoms. The standard InChI is InChI=1S/C12H18Cl2N2O3S/c1-8(2)16(6-7-19-3)20(17,18)10-5-4-9(13)12(15)11(10)14/h4-5,8H,6-7,15H2,1-3H3. The van der Waals surface area contributed by atoms with E-state index in [9.17, 15) is 8.42 Å². The van der Waals surface area contributed by atoms with Crippen molar-refractivity contribution in [3.63, 3.8) is 0 Å². The number of nitrogen functional groups attached to an aromatic ring is 1. The summed E-state index contributed by atoms with van der Waals surface area (Å²) in [5.74, 6) is 0. The predicted molar refractivity (Wildman–Crippen MR) is 81.8 cm³/mol. The van der Waals surface area contributed by atoms with Gasteiger partial charge in [0, 0.05) is 19.7 Å². The number of sulfonamides is 1. The largest absolute Gasteiger partial charge is 0.396 e. The van der Waals surface area contributed by atoms with Gasteiger partial charge in [-0.15, -0.1) is 0 Å². The van der Waals surface area contributed by atoms with E-state index in [1.54, 1.807) is 13.8 Å². The van der Waals surface area contributed by atoms with Gasteiger partial charge in [0.05, 0.1) is 22.3 Å². The molecule has 0 fully saturated rings. The lowest BCUT2D eigenvalue weighted by Crippen LogP contribution is -2.39. The van der Waals surface area contributed by atoms with Crippen LogP contribution in [0.1, 0.15) is 13.8 Å². The molecule has 1 rings (SSSR count). The van der Waals surface area contributed by atoms with Crippen LogP contribution in [0.15, 0.2) is 17.0 Å². The van der Waals surface area contributed by atoms with Crippen LogP contribution < -0.4 is 5.73 Å². The molecule has 0 unspecified atom stereocenters. The van der Waals surface area contributed by atoms with Crippen LogP contribution in [-0.2, 0) is 14.8 Å². The first-order chi connectivity index (χ1) is 9.23. The van der Waals surface area contributed by atoms with Crippen LogP contribution in [0.2, 0.25) is 10.0 Å². The van der Waals surface area contributed by atoms with Gasteiger partial charge >= 0.3 is 0 Å². The third-order valence-corrected chi connectivity index (χ3v) is 5.74. The Kier molecular flexibility index (Phi) is 6.09. The Morgan fingerprint density at radius 2 is 1.95 bits per heavy atom. The summed E-state index contributed by atoms with van der Waals surface area (Å²) in [6.07, 6.45) is 0. The van der Waals surface area contributed by atoms with E-state index in [-0.39, 0.29) is 39.8 Å². The van der Waals surface area contributed by atoms with Crippen LogP contribution in [0.5, 0.6) is 0 Å². The average molecular weight is 341 g/mol. The molecule has 20 heavy (non-hydrogen) atoms. The molecular weight excluding hydrogens is 323 g/mol. The van der Waals surface area contributed by atoms with Crippen LogP contribution in [-0.4, -0.2) is 39.0 Å². The number of ether oxygens (including phenoxy) is 1. The van der Waals surface area contributed by atoms with Gasteiger partial charge in [-0.2, -0.15) is 4.31 Å². The van der Waals surface area contributed by atoms with Gasteiger partial charge in [0.15, 0.2) is 0 Å². The van der Waals surface area contributed by atoms with E-state index in [0.717, 1.165) is 0 Å². The first-order valence-corrected chi connectivity index (χ1v) is 8.17. The molecule has 0 atom stereocenters. The van der Waals surface area contributed by atoms with Crippen LogP contribution in [0, 0.1) is 0 Å². The monoisotopic (exact) mass is 340 g/mol. The Balaban J connectivity index is 3.30. The second kappa shape index (κ2) is 6.95. The predicted octanol–water partition coefficient (Wildman–Crippen LogP) is 2.62. The summed E-state index contributed by atoms with van der Waals surface area (Å²) in [4.78, 5) is -0.0501. The summed E-state index contributed by atoms with van der Waals surface area (Å²) in [6.45, 7) is 4.08. The summed E-state index contributed by atoms with van der Waals surface area (Å²) in [5.41, 5.74) is 5.74. The fourth-order valence-corrected chi connectivity index (χ4v) is 4.07. The molecule has 0 aliphatic rings. The van der Waals surface area contributed by atoms with E-state index in [4.69, 9.17) is 33.7 Å². The molecule has 0 saturated carbocycles. The number of hydrogen-bond acceptors (Lipinski definition) is 4. The molecule has 0 aliphatic carbocycles. The number of benzene rings is 1. The molecule has 1 aromatic rings. The van der Waals surface area contributed by atoms with Gasteiger partial charge in [-0.1, -0.05) is 23.2 Å². The topological polar surface area (TPSA) is 72.6 Å². The number of halogens is 2. The lowest BCUT2D eigenvalue weighted by molar-refractivity contribution is 0.171. The van der Waals surface area contributed by atoms with Gasteiger partial charge in [0.1, 0.15) is 4.90 Å². The molecule has 0 saturated heterocycles. The molecular formula is C12H18Cl2N2O3S. The van der Waals surface area contributed by atoms with Crippen molar-refractivity contribution >= 4 is 38.9 Å². The van der Waals surface area contributed by atoms with Crippen molar-refractivity contribution in [2.75, 3.05) is 26.0 Å². The molecule has 114 valence electrons. The van der Waals surface area contributed by atoms with Crippen molar-refractivity contribution in [3.05, 3.63) is 22.2 Å². The van der Waals surface area contributed by atoms with Gasteiger partial charge in [-0.25, -0.2) is 8.42 Å². The lowest BCUT2D eigenvalue weighted by atomic mass is 10.3. The van der Waals surface area contributed by atoms with E-state index < -0.39 is 10.0 Å². The first kappa shape index (κ1) is 17.5. The van der Waals surface area contributed by atoms with Gasteiger partial charge in [-0.05, 0) is 26.0 Å². The number of methoxy groups -OCH3 is 1. The summed E-state index contributed by atoms with van der Waals surface area (Å²) in [6, 6.07) is 2.55. The summed E-state index contributed by atoms with van der Waals surface area (Å²) < 4.78 is 31.6. The maximum absolute atomic E-state index is 12.7. The van der Waals surface area contributed by atoms with Crippen LogP contribution >= 0.6 is 23.2 Å². The Bertz CT molecular complexity index is 576. The average Bonchev–Trinajstić information content (AvgIpc) is 2.35. The highest BCUT2D eigenvalue weighted by atomic mass is 35.5. The van der Waals surface area contributed by atoms with Crippen LogP contribution in [0.3, 0.4) is 0 Å². The Labute approximate surface area is 129 Å². The Morgan fingerprint density at radius 1 is 1.35 bits per heavy atom. The van der Waals surface area contributed by atoms with Crippen molar-refractivity contribution in [3.8, 4) is 0 Å². The minimum absolute atomic E-state index is 0.0501. The third-order valence-electron chi connectivity index (χ3n) is 2.77. The first-order valence-electron chi connectivity index (χ1n) is 5.97. The van der Waals surface area contributed by atoms with Crippen molar-refractivity contribution in [1.29, 1.82) is 0 Å². The molecule has 0 radical (unpaired) electrons. The summed E-state index contributed by atoms with van der Waals surface area (Å²) in [5, 5.41) is 0.169. The van der Waals surface area contributed by atoms with Crippen molar-refractivity contribution < 1.29 is 13.2 Å². The second-order valence-electron chi connectivity index (χ2n) is 4.48. The molecule has 0 heterocycles. The fourth-order valence-electron chi connectivity index (χ4n) is 1.71. The second-order valence-corrected chi connectivity index (χ2v) is 7.12. The van der Waals surface area contributed by atoms with Crippen LogP contribution in [0.25, 0.3) is 0 Å². The molecule has 0 aromatic heterocycles. The smallest absolute Gasteiger partial charge is 0.244 e. The Hall–Kier alpha value is -0.530. The van der Waals surface area contributed by atoms with E-state index >= 15 is 0 Å². The highest BCUT2D eigenvalue weighted by Gasteiger charge is 2.29. The zero-order valence-electron chi connectivity index (χ0n) is 11.6. The van der Waals surface area contributed by atoms with E-state index in [1.807, 2.05) is 0 Å². The lowest BCUT2D eigenvalue weighted by Gasteiger charge is -2.26. The third kappa shape index (κ3) is 3.56. The zero-order valence-corrected chi connectivity index (χ0v) is 13.9. The highest BCUT2D eigenvalue weighted by Crippen LogP contribution is 2.34. The fraction of sp³-hybridized carbons (Fsp3) is 0.500. The minimum Gasteiger partial charge on any atom is -0.396 e. The maximum atomic E-state index is 12.7. The molecule has 8 heteroatoms. The highest BCUT2D eigenvalue weighted by molar-refractivity contribution is 7.89. The molecule has 0 spiro atoms. The van der Waals surface area contributed by atoms with E-state index in [0.29, 0.717) is 0 Å². The minimum atomic E-state index is -3.76. The van der Waals surface area contributed by atoms with Crippen molar-refractivity contribution in [2.24, 2.45) is 0 Å². The van der Waals surface area contributed by atoms with Gasteiger partial charge < -0.3 is 10.5 Å². The van der Waals surface area contributed by atoms with E-state index in [1.165, 1.54) is 23.5 Å². The van der Waals surface area contributed by atoms with Crippen LogP contribution in [0.4, 0.5) is 5.69 Å². The molecule has 2 N–H and O–H groups in total. The maximum Gasteiger partial charge on any atom is 0.244 e.